The minimum atomic E-state index is -0.249. The van der Waals surface area contributed by atoms with Crippen LogP contribution in [0.3, 0.4) is 0 Å². The molecule has 2 aliphatic heterocycles. The second-order valence-electron chi connectivity index (χ2n) is 9.11. The van der Waals surface area contributed by atoms with Crippen molar-refractivity contribution >= 4 is 17.5 Å². The second kappa shape index (κ2) is 10.9. The number of phenols is 1. The molecule has 2 heterocycles. The van der Waals surface area contributed by atoms with Crippen LogP contribution in [0.25, 0.3) is 0 Å². The third kappa shape index (κ3) is 5.48. The molecule has 0 atom stereocenters. The van der Waals surface area contributed by atoms with E-state index in [1.807, 2.05) is 30.0 Å². The van der Waals surface area contributed by atoms with Crippen LogP contribution in [0.4, 0.5) is 0 Å². The summed E-state index contributed by atoms with van der Waals surface area (Å²) in [5.41, 5.74) is 4.68. The van der Waals surface area contributed by atoms with Gasteiger partial charge in [0.05, 0.1) is 24.4 Å². The van der Waals surface area contributed by atoms with E-state index in [1.54, 1.807) is 24.1 Å². The Morgan fingerprint density at radius 3 is 2.66 bits per heavy atom. The van der Waals surface area contributed by atoms with Crippen molar-refractivity contribution in [2.24, 2.45) is 4.99 Å². The number of aryl methyl sites for hydroxylation is 1. The van der Waals surface area contributed by atoms with Crippen molar-refractivity contribution in [1.29, 1.82) is 0 Å². The molecule has 186 valence electrons. The number of aromatic hydroxyl groups is 1. The molecule has 8 nitrogen and oxygen atoms in total. The van der Waals surface area contributed by atoms with Gasteiger partial charge in [-0.05, 0) is 67.1 Å². The number of fused-ring (bicyclic) bond motifs is 1. The highest BCUT2D eigenvalue weighted by Crippen LogP contribution is 2.29. The number of phenolic OH excluding ortho intramolecular Hbond substituents is 1. The topological polar surface area (TPSA) is 103 Å². The van der Waals surface area contributed by atoms with Crippen molar-refractivity contribution in [1.82, 2.24) is 9.80 Å². The molecule has 0 unspecified atom stereocenters. The number of aliphatic hydroxyl groups is 1. The number of hydrogen-bond donors (Lipinski definition) is 2. The number of aliphatic hydroxyl groups excluding tert-OH is 1. The molecule has 0 saturated carbocycles. The summed E-state index contributed by atoms with van der Waals surface area (Å²) in [6.07, 6.45) is 3.15. The predicted octanol–water partition coefficient (Wildman–Crippen LogP) is 2.70. The Bertz CT molecular complexity index is 1140. The highest BCUT2D eigenvalue weighted by molar-refractivity contribution is 6.07. The van der Waals surface area contributed by atoms with E-state index >= 15 is 0 Å². The lowest BCUT2D eigenvalue weighted by Gasteiger charge is -2.30. The molecule has 2 amide bonds. The van der Waals surface area contributed by atoms with Crippen molar-refractivity contribution in [3.8, 4) is 11.5 Å². The van der Waals surface area contributed by atoms with Crippen LogP contribution in [0.2, 0.25) is 0 Å². The molecule has 0 spiro atoms. The number of aliphatic imine (C=N–C) groups is 1. The highest BCUT2D eigenvalue weighted by atomic mass is 16.5. The molecule has 4 rings (SSSR count). The SMILES string of the molecule is CN=C(CN1CCCCC1=O)c1cc(C(=O)N2CCc3ccc(OCCO)cc3C2)c(O)cc1C. The summed E-state index contributed by atoms with van der Waals surface area (Å²) >= 11 is 0. The molecule has 35 heavy (non-hydrogen) atoms. The van der Waals surface area contributed by atoms with E-state index in [4.69, 9.17) is 9.84 Å². The van der Waals surface area contributed by atoms with Gasteiger partial charge in [-0.3, -0.25) is 14.6 Å². The Hall–Kier alpha value is -3.39. The number of carbonyl (C=O) groups is 2. The zero-order valence-corrected chi connectivity index (χ0v) is 20.4. The lowest BCUT2D eigenvalue weighted by Crippen LogP contribution is -2.39. The van der Waals surface area contributed by atoms with Gasteiger partial charge in [0.1, 0.15) is 18.1 Å². The number of ether oxygens (including phenoxy) is 1. The maximum Gasteiger partial charge on any atom is 0.257 e. The molecule has 2 aromatic carbocycles. The summed E-state index contributed by atoms with van der Waals surface area (Å²) < 4.78 is 5.52. The lowest BCUT2D eigenvalue weighted by atomic mass is 9.96. The van der Waals surface area contributed by atoms with Gasteiger partial charge in [0.25, 0.3) is 5.91 Å². The Labute approximate surface area is 205 Å². The molecule has 0 aromatic heterocycles. The molecule has 1 fully saturated rings. The van der Waals surface area contributed by atoms with Gasteiger partial charge < -0.3 is 24.7 Å². The maximum absolute atomic E-state index is 13.5. The third-order valence-corrected chi connectivity index (χ3v) is 6.75. The number of rotatable bonds is 7. The van der Waals surface area contributed by atoms with Gasteiger partial charge in [0.15, 0.2) is 0 Å². The number of carbonyl (C=O) groups excluding carboxylic acids is 2. The zero-order chi connectivity index (χ0) is 24.9. The van der Waals surface area contributed by atoms with E-state index in [9.17, 15) is 14.7 Å². The smallest absolute Gasteiger partial charge is 0.257 e. The average Bonchev–Trinajstić information content (AvgIpc) is 2.86. The zero-order valence-electron chi connectivity index (χ0n) is 20.4. The summed E-state index contributed by atoms with van der Waals surface area (Å²) in [6.45, 7) is 4.07. The van der Waals surface area contributed by atoms with Gasteiger partial charge in [-0.2, -0.15) is 0 Å². The summed E-state index contributed by atoms with van der Waals surface area (Å²) in [4.78, 5) is 33.8. The quantitative estimate of drug-likeness (QED) is 0.595. The molecule has 0 radical (unpaired) electrons. The van der Waals surface area contributed by atoms with E-state index in [-0.39, 0.29) is 36.3 Å². The van der Waals surface area contributed by atoms with Crippen LogP contribution in [0.5, 0.6) is 11.5 Å². The highest BCUT2D eigenvalue weighted by Gasteiger charge is 2.26. The largest absolute Gasteiger partial charge is 0.507 e. The molecular formula is C27H33N3O5. The van der Waals surface area contributed by atoms with Gasteiger partial charge in [0.2, 0.25) is 5.91 Å². The maximum atomic E-state index is 13.5. The van der Waals surface area contributed by atoms with Gasteiger partial charge >= 0.3 is 0 Å². The summed E-state index contributed by atoms with van der Waals surface area (Å²) in [7, 11) is 1.69. The fraction of sp³-hybridized carbons (Fsp3) is 0.444. The number of hydrogen-bond acceptors (Lipinski definition) is 6. The summed E-state index contributed by atoms with van der Waals surface area (Å²) in [5, 5.41) is 19.7. The van der Waals surface area contributed by atoms with Crippen molar-refractivity contribution in [2.45, 2.75) is 39.2 Å². The number of likely N-dealkylation sites (tertiary alicyclic amines) is 1. The van der Waals surface area contributed by atoms with E-state index < -0.39 is 0 Å². The molecule has 2 N–H and O–H groups in total. The van der Waals surface area contributed by atoms with E-state index in [0.717, 1.165) is 40.8 Å². The summed E-state index contributed by atoms with van der Waals surface area (Å²) in [5.74, 6) is 0.468. The van der Waals surface area contributed by atoms with Crippen LogP contribution in [-0.4, -0.2) is 77.4 Å². The Morgan fingerprint density at radius 2 is 1.91 bits per heavy atom. The van der Waals surface area contributed by atoms with Gasteiger partial charge in [0, 0.05) is 38.7 Å². The Morgan fingerprint density at radius 1 is 1.09 bits per heavy atom. The van der Waals surface area contributed by atoms with Crippen LogP contribution in [0.1, 0.15) is 51.9 Å². The first-order chi connectivity index (χ1) is 16.9. The number of amides is 2. The van der Waals surface area contributed by atoms with E-state index in [1.165, 1.54) is 0 Å². The molecular weight excluding hydrogens is 446 g/mol. The molecule has 2 aromatic rings. The number of nitrogens with zero attached hydrogens (tertiary/aromatic N) is 3. The summed E-state index contributed by atoms with van der Waals surface area (Å²) in [6, 6.07) is 9.09. The van der Waals surface area contributed by atoms with E-state index in [2.05, 4.69) is 4.99 Å². The first kappa shape index (κ1) is 24.7. The standard InChI is InChI=1S/C27H33N3O5/c1-18-13-25(32)23(15-22(18)24(28-2)17-29-9-4-3-5-26(29)33)27(34)30-10-8-19-6-7-21(35-12-11-31)14-20(19)16-30/h6-7,13-15,31-32H,3-5,8-12,16-17H2,1-2H3. The molecule has 8 heteroatoms. The van der Waals surface area contributed by atoms with Crippen LogP contribution in [0.15, 0.2) is 35.3 Å². The van der Waals surface area contributed by atoms with Gasteiger partial charge in [-0.1, -0.05) is 6.07 Å². The van der Waals surface area contributed by atoms with E-state index in [0.29, 0.717) is 44.8 Å². The van der Waals surface area contributed by atoms with Crippen LogP contribution >= 0.6 is 0 Å². The fourth-order valence-corrected chi connectivity index (χ4v) is 4.79. The monoisotopic (exact) mass is 479 g/mol. The van der Waals surface area contributed by atoms with Gasteiger partial charge in [-0.15, -0.1) is 0 Å². The number of benzene rings is 2. The average molecular weight is 480 g/mol. The minimum absolute atomic E-state index is 0.0634. The van der Waals surface area contributed by atoms with Crippen LogP contribution in [-0.2, 0) is 17.8 Å². The second-order valence-corrected chi connectivity index (χ2v) is 9.11. The van der Waals surface area contributed by atoms with Crippen LogP contribution in [0, 0.1) is 6.92 Å². The first-order valence-electron chi connectivity index (χ1n) is 12.1. The predicted molar refractivity (Wildman–Crippen MR) is 133 cm³/mol. The Balaban J connectivity index is 1.56. The van der Waals surface area contributed by atoms with Gasteiger partial charge in [-0.25, -0.2) is 0 Å². The van der Waals surface area contributed by atoms with Crippen molar-refractivity contribution in [2.75, 3.05) is 39.9 Å². The fourth-order valence-electron chi connectivity index (χ4n) is 4.79. The normalized spacial score (nSPS) is 16.3. The van der Waals surface area contributed by atoms with Crippen molar-refractivity contribution in [3.05, 3.63) is 58.1 Å². The minimum Gasteiger partial charge on any atom is -0.507 e. The van der Waals surface area contributed by atoms with Crippen LogP contribution < -0.4 is 4.74 Å². The Kier molecular flexibility index (Phi) is 7.70. The van der Waals surface area contributed by atoms with Crippen molar-refractivity contribution < 1.29 is 24.5 Å². The molecule has 2 aliphatic rings. The molecule has 1 saturated heterocycles. The first-order valence-corrected chi connectivity index (χ1v) is 12.1. The van der Waals surface area contributed by atoms with Crippen molar-refractivity contribution in [3.63, 3.8) is 0 Å². The third-order valence-electron chi connectivity index (χ3n) is 6.75. The molecule has 0 aliphatic carbocycles. The lowest BCUT2D eigenvalue weighted by molar-refractivity contribution is -0.132. The molecule has 0 bridgehead atoms. The number of piperidine rings is 1.